The highest BCUT2D eigenvalue weighted by molar-refractivity contribution is 5.96. The van der Waals surface area contributed by atoms with Crippen LogP contribution in [-0.2, 0) is 9.47 Å². The number of aliphatic hydroxyl groups is 1. The summed E-state index contributed by atoms with van der Waals surface area (Å²) in [5, 5.41) is 11.4. The summed E-state index contributed by atoms with van der Waals surface area (Å²) in [5.41, 5.74) is 0.798. The Morgan fingerprint density at radius 1 is 1.31 bits per heavy atom. The number of carbonyl (C=O) groups excluding carboxylic acids is 1. The van der Waals surface area contributed by atoms with Gasteiger partial charge >= 0.3 is 0 Å². The maximum Gasteiger partial charge on any atom is 0.254 e. The topological polar surface area (TPSA) is 68.2 Å². The summed E-state index contributed by atoms with van der Waals surface area (Å²) in [4.78, 5) is 15.3. The van der Waals surface area contributed by atoms with E-state index in [-0.39, 0.29) is 23.8 Å². The molecule has 0 radical (unpaired) electrons. The van der Waals surface area contributed by atoms with Gasteiger partial charge in [-0.3, -0.25) is 4.79 Å². The van der Waals surface area contributed by atoms with Crippen molar-refractivity contribution in [3.05, 3.63) is 29.3 Å². The van der Waals surface area contributed by atoms with Crippen LogP contribution in [0, 0.1) is 18.8 Å². The van der Waals surface area contributed by atoms with Crippen LogP contribution in [0.3, 0.4) is 0 Å². The molecule has 1 aromatic carbocycles. The van der Waals surface area contributed by atoms with Crippen LogP contribution in [0.1, 0.15) is 28.8 Å². The molecule has 1 amide bonds. The lowest BCUT2D eigenvalue weighted by Gasteiger charge is -2.57. The fraction of sp³-hybridized carbons (Fsp3) is 0.650. The van der Waals surface area contributed by atoms with Crippen molar-refractivity contribution in [2.75, 3.05) is 40.1 Å². The SMILES string of the molecule is COc1ccc(C(=O)N2C[C@@H]3COCC[C@]3(O)[C@H]3COCC[C@H]32)c(C)c1. The molecule has 0 bridgehead atoms. The number of benzene rings is 1. The normalized spacial score (nSPS) is 34.0. The van der Waals surface area contributed by atoms with Crippen LogP contribution in [-0.4, -0.2) is 67.6 Å². The molecule has 3 aliphatic heterocycles. The zero-order chi connectivity index (χ0) is 18.3. The molecule has 6 nitrogen and oxygen atoms in total. The minimum absolute atomic E-state index is 0.0112. The lowest BCUT2D eigenvalue weighted by Crippen LogP contribution is -2.68. The molecule has 1 aromatic rings. The summed E-state index contributed by atoms with van der Waals surface area (Å²) in [6, 6.07) is 5.56. The maximum atomic E-state index is 13.4. The van der Waals surface area contributed by atoms with Gasteiger partial charge in [0.05, 0.1) is 25.9 Å². The molecular formula is C20H27NO5. The van der Waals surface area contributed by atoms with E-state index >= 15 is 0 Å². The lowest BCUT2D eigenvalue weighted by atomic mass is 9.66. The van der Waals surface area contributed by atoms with Gasteiger partial charge in [-0.15, -0.1) is 0 Å². The third-order valence-corrected chi connectivity index (χ3v) is 6.38. The highest BCUT2D eigenvalue weighted by Crippen LogP contribution is 2.44. The second kappa shape index (κ2) is 6.83. The summed E-state index contributed by atoms with van der Waals surface area (Å²) < 4.78 is 16.6. The van der Waals surface area contributed by atoms with Crippen LogP contribution in [0.4, 0.5) is 0 Å². The average Bonchev–Trinajstić information content (AvgIpc) is 2.67. The fourth-order valence-corrected chi connectivity index (χ4v) is 4.85. The molecule has 26 heavy (non-hydrogen) atoms. The van der Waals surface area contributed by atoms with Crippen molar-refractivity contribution in [2.24, 2.45) is 11.8 Å². The summed E-state index contributed by atoms with van der Waals surface area (Å²) in [6.07, 6.45) is 1.38. The van der Waals surface area contributed by atoms with Crippen LogP contribution in [0.5, 0.6) is 5.75 Å². The molecular weight excluding hydrogens is 334 g/mol. The fourth-order valence-electron chi connectivity index (χ4n) is 4.85. The van der Waals surface area contributed by atoms with Gasteiger partial charge in [0.15, 0.2) is 0 Å². The zero-order valence-electron chi connectivity index (χ0n) is 15.4. The van der Waals surface area contributed by atoms with Crippen LogP contribution in [0.2, 0.25) is 0 Å². The predicted octanol–water partition coefficient (Wildman–Crippen LogP) is 1.63. The molecule has 0 spiro atoms. The third kappa shape index (κ3) is 2.80. The van der Waals surface area contributed by atoms with Gasteiger partial charge in [-0.2, -0.15) is 0 Å². The number of piperidine rings is 1. The molecule has 0 unspecified atom stereocenters. The molecule has 0 aromatic heterocycles. The maximum absolute atomic E-state index is 13.4. The Morgan fingerprint density at radius 3 is 2.88 bits per heavy atom. The number of carbonyl (C=O) groups is 1. The molecule has 3 heterocycles. The Hall–Kier alpha value is -1.63. The molecule has 4 rings (SSSR count). The first-order chi connectivity index (χ1) is 12.5. The van der Waals surface area contributed by atoms with E-state index in [1.807, 2.05) is 30.0 Å². The minimum Gasteiger partial charge on any atom is -0.497 e. The van der Waals surface area contributed by atoms with Crippen LogP contribution in [0.25, 0.3) is 0 Å². The highest BCUT2D eigenvalue weighted by Gasteiger charge is 2.56. The summed E-state index contributed by atoms with van der Waals surface area (Å²) in [6.45, 7) is 4.66. The first kappa shape index (κ1) is 17.8. The number of fused-ring (bicyclic) bond motifs is 3. The van der Waals surface area contributed by atoms with Gasteiger partial charge in [0, 0.05) is 49.6 Å². The van der Waals surface area contributed by atoms with Gasteiger partial charge in [0.25, 0.3) is 5.91 Å². The van der Waals surface area contributed by atoms with E-state index in [4.69, 9.17) is 14.2 Å². The summed E-state index contributed by atoms with van der Waals surface area (Å²) in [5.74, 6) is 0.648. The number of nitrogens with zero attached hydrogens (tertiary/aromatic N) is 1. The Bertz CT molecular complexity index is 693. The summed E-state index contributed by atoms with van der Waals surface area (Å²) in [7, 11) is 1.62. The van der Waals surface area contributed by atoms with E-state index in [0.29, 0.717) is 45.0 Å². The Kier molecular flexibility index (Phi) is 4.67. The van der Waals surface area contributed by atoms with E-state index in [0.717, 1.165) is 17.7 Å². The molecule has 6 heteroatoms. The molecule has 3 fully saturated rings. The molecule has 4 atom stereocenters. The number of hydrogen-bond acceptors (Lipinski definition) is 5. The average molecular weight is 361 g/mol. The number of methoxy groups -OCH3 is 1. The second-order valence-electron chi connectivity index (χ2n) is 7.69. The summed E-state index contributed by atoms with van der Waals surface area (Å²) >= 11 is 0. The Morgan fingerprint density at radius 2 is 2.12 bits per heavy atom. The molecule has 3 saturated heterocycles. The number of amides is 1. The molecule has 3 aliphatic rings. The van der Waals surface area contributed by atoms with E-state index in [1.54, 1.807) is 7.11 Å². The number of likely N-dealkylation sites (tertiary alicyclic amines) is 1. The van der Waals surface area contributed by atoms with Crippen LogP contribution >= 0.6 is 0 Å². The number of ether oxygens (including phenoxy) is 3. The monoisotopic (exact) mass is 361 g/mol. The van der Waals surface area contributed by atoms with Crippen molar-refractivity contribution in [3.63, 3.8) is 0 Å². The molecule has 142 valence electrons. The Labute approximate surface area is 154 Å². The second-order valence-corrected chi connectivity index (χ2v) is 7.69. The minimum atomic E-state index is -0.797. The Balaban J connectivity index is 1.66. The highest BCUT2D eigenvalue weighted by atomic mass is 16.5. The van der Waals surface area contributed by atoms with Crippen LogP contribution < -0.4 is 4.74 Å². The van der Waals surface area contributed by atoms with E-state index < -0.39 is 5.60 Å². The van der Waals surface area contributed by atoms with Gasteiger partial charge < -0.3 is 24.2 Å². The first-order valence-electron chi connectivity index (χ1n) is 9.38. The van der Waals surface area contributed by atoms with Crippen molar-refractivity contribution < 1.29 is 24.1 Å². The van der Waals surface area contributed by atoms with Gasteiger partial charge in [0.2, 0.25) is 0 Å². The first-order valence-corrected chi connectivity index (χ1v) is 9.38. The number of rotatable bonds is 2. The smallest absolute Gasteiger partial charge is 0.254 e. The van der Waals surface area contributed by atoms with Crippen LogP contribution in [0.15, 0.2) is 18.2 Å². The predicted molar refractivity (Wildman–Crippen MR) is 95.4 cm³/mol. The quantitative estimate of drug-likeness (QED) is 0.867. The largest absolute Gasteiger partial charge is 0.497 e. The number of aryl methyl sites for hydroxylation is 1. The van der Waals surface area contributed by atoms with Gasteiger partial charge in [-0.1, -0.05) is 0 Å². The standard InChI is InChI=1S/C20H27NO5/c1-13-9-15(24-2)3-4-16(13)19(22)21-10-14-11-26-8-6-20(14,23)17-12-25-7-5-18(17)21/h3-4,9,14,17-18,23H,5-8,10-12H2,1-2H3/t14-,17+,18-,20-/m1/s1. The van der Waals surface area contributed by atoms with Crippen molar-refractivity contribution in [3.8, 4) is 5.75 Å². The molecule has 0 saturated carbocycles. The van der Waals surface area contributed by atoms with Crippen molar-refractivity contribution >= 4 is 5.91 Å². The van der Waals surface area contributed by atoms with E-state index in [1.165, 1.54) is 0 Å². The van der Waals surface area contributed by atoms with Crippen molar-refractivity contribution in [1.82, 2.24) is 4.90 Å². The third-order valence-electron chi connectivity index (χ3n) is 6.38. The van der Waals surface area contributed by atoms with E-state index in [2.05, 4.69) is 0 Å². The van der Waals surface area contributed by atoms with Crippen molar-refractivity contribution in [2.45, 2.75) is 31.4 Å². The van der Waals surface area contributed by atoms with Gasteiger partial charge in [-0.05, 0) is 37.1 Å². The molecule has 0 aliphatic carbocycles. The number of hydrogen-bond donors (Lipinski definition) is 1. The van der Waals surface area contributed by atoms with Gasteiger partial charge in [-0.25, -0.2) is 0 Å². The van der Waals surface area contributed by atoms with Gasteiger partial charge in [0.1, 0.15) is 5.75 Å². The zero-order valence-corrected chi connectivity index (χ0v) is 15.4. The lowest BCUT2D eigenvalue weighted by molar-refractivity contribution is -0.212. The van der Waals surface area contributed by atoms with Crippen molar-refractivity contribution in [1.29, 1.82) is 0 Å². The molecule has 1 N–H and O–H groups in total. The van der Waals surface area contributed by atoms with E-state index in [9.17, 15) is 9.90 Å².